The molecule has 1 aromatic carbocycles. The van der Waals surface area contributed by atoms with E-state index in [2.05, 4.69) is 36.3 Å². The Morgan fingerprint density at radius 3 is 2.33 bits per heavy atom. The molecule has 2 amide bonds. The summed E-state index contributed by atoms with van der Waals surface area (Å²) in [6, 6.07) is 7.63. The first-order chi connectivity index (χ1) is 11.3. The van der Waals surface area contributed by atoms with Crippen LogP contribution in [-0.2, 0) is 9.59 Å². The van der Waals surface area contributed by atoms with Crippen LogP contribution in [0, 0.1) is 5.92 Å². The van der Waals surface area contributed by atoms with E-state index in [1.165, 1.54) is 0 Å². The lowest BCUT2D eigenvalue weighted by molar-refractivity contribution is -0.136. The molecule has 1 aromatic rings. The third-order valence-corrected chi connectivity index (χ3v) is 4.13. The van der Waals surface area contributed by atoms with Crippen LogP contribution in [0.3, 0.4) is 0 Å². The number of hydrogen-bond acceptors (Lipinski definition) is 4. The number of carbonyl (C=O) groups is 2. The minimum Gasteiger partial charge on any atom is -0.375 e. The molecule has 0 spiro atoms. The van der Waals surface area contributed by atoms with Gasteiger partial charge in [0.05, 0.1) is 0 Å². The van der Waals surface area contributed by atoms with Gasteiger partial charge in [-0.1, -0.05) is 19.9 Å². The molecule has 6 heteroatoms. The van der Waals surface area contributed by atoms with Crippen molar-refractivity contribution in [1.29, 1.82) is 0 Å². The second-order valence-electron chi connectivity index (χ2n) is 6.50. The normalized spacial score (nSPS) is 12.2. The molecule has 0 aliphatic heterocycles. The maximum atomic E-state index is 12.1. The van der Waals surface area contributed by atoms with Gasteiger partial charge in [0.15, 0.2) is 0 Å². The number of likely N-dealkylation sites (N-methyl/N-ethyl adjacent to an activating group) is 1. The zero-order chi connectivity index (χ0) is 18.3. The van der Waals surface area contributed by atoms with Crippen molar-refractivity contribution in [3.63, 3.8) is 0 Å². The van der Waals surface area contributed by atoms with E-state index < -0.39 is 11.8 Å². The number of carbonyl (C=O) groups excluding carboxylic acids is 2. The Kier molecular flexibility index (Phi) is 7.71. The van der Waals surface area contributed by atoms with Gasteiger partial charge in [-0.2, -0.15) is 0 Å². The van der Waals surface area contributed by atoms with E-state index >= 15 is 0 Å². The van der Waals surface area contributed by atoms with Gasteiger partial charge in [-0.15, -0.1) is 0 Å². The molecule has 0 bridgehead atoms. The van der Waals surface area contributed by atoms with Crippen LogP contribution >= 0.6 is 0 Å². The van der Waals surface area contributed by atoms with Crippen LogP contribution in [0.15, 0.2) is 24.3 Å². The zero-order valence-corrected chi connectivity index (χ0v) is 15.6. The first kappa shape index (κ1) is 20.0. The Morgan fingerprint density at radius 1 is 1.12 bits per heavy atom. The predicted molar refractivity (Wildman–Crippen MR) is 99.3 cm³/mol. The molecule has 0 fully saturated rings. The molecule has 0 unspecified atom stereocenters. The van der Waals surface area contributed by atoms with Crippen LogP contribution in [-0.4, -0.2) is 57.0 Å². The van der Waals surface area contributed by atoms with Crippen LogP contribution in [0.2, 0.25) is 0 Å². The molecule has 134 valence electrons. The molecule has 0 radical (unpaired) electrons. The molecule has 0 aromatic heterocycles. The lowest BCUT2D eigenvalue weighted by Gasteiger charge is -2.27. The fourth-order valence-electron chi connectivity index (χ4n) is 2.48. The van der Waals surface area contributed by atoms with E-state index in [0.29, 0.717) is 18.2 Å². The molecule has 0 heterocycles. The number of benzene rings is 1. The van der Waals surface area contributed by atoms with Crippen molar-refractivity contribution in [1.82, 2.24) is 10.2 Å². The SMILES string of the molecule is CCN(C)c1cccc(NC(=O)C(=O)NC[C@H](C(C)C)N(C)C)c1. The third-order valence-electron chi connectivity index (χ3n) is 4.13. The predicted octanol–water partition coefficient (Wildman–Crippen LogP) is 1.78. The summed E-state index contributed by atoms with van der Waals surface area (Å²) in [5.41, 5.74) is 1.60. The van der Waals surface area contributed by atoms with E-state index in [1.807, 2.05) is 44.2 Å². The molecule has 24 heavy (non-hydrogen) atoms. The van der Waals surface area contributed by atoms with Crippen LogP contribution in [0.4, 0.5) is 11.4 Å². The highest BCUT2D eigenvalue weighted by molar-refractivity contribution is 6.39. The van der Waals surface area contributed by atoms with Gasteiger partial charge in [-0.25, -0.2) is 0 Å². The molecule has 1 atom stereocenters. The first-order valence-electron chi connectivity index (χ1n) is 8.33. The Hall–Kier alpha value is -2.08. The van der Waals surface area contributed by atoms with Gasteiger partial charge < -0.3 is 20.4 Å². The standard InChI is InChI=1S/C18H30N4O2/c1-7-22(6)15-10-8-9-14(11-15)20-18(24)17(23)19-12-16(13(2)3)21(4)5/h8-11,13,16H,7,12H2,1-6H3,(H,19,23)(H,20,24)/t16-/m1/s1. The van der Waals surface area contributed by atoms with Crippen LogP contribution < -0.4 is 15.5 Å². The van der Waals surface area contributed by atoms with E-state index in [1.54, 1.807) is 6.07 Å². The average Bonchev–Trinajstić information content (AvgIpc) is 2.53. The molecule has 1 rings (SSSR count). The Labute approximate surface area is 145 Å². The van der Waals surface area contributed by atoms with Crippen LogP contribution in [0.1, 0.15) is 20.8 Å². The summed E-state index contributed by atoms with van der Waals surface area (Å²) >= 11 is 0. The molecule has 2 N–H and O–H groups in total. The minimum absolute atomic E-state index is 0.184. The van der Waals surface area contributed by atoms with Gasteiger partial charge in [0.25, 0.3) is 0 Å². The number of anilines is 2. The van der Waals surface area contributed by atoms with E-state index in [4.69, 9.17) is 0 Å². The highest BCUT2D eigenvalue weighted by Gasteiger charge is 2.19. The van der Waals surface area contributed by atoms with Crippen molar-refractivity contribution in [2.24, 2.45) is 5.92 Å². The Morgan fingerprint density at radius 2 is 1.79 bits per heavy atom. The molecular weight excluding hydrogens is 304 g/mol. The summed E-state index contributed by atoms with van der Waals surface area (Å²) in [6.07, 6.45) is 0. The number of rotatable bonds is 7. The second-order valence-corrected chi connectivity index (χ2v) is 6.50. The maximum absolute atomic E-state index is 12.1. The molecule has 0 aliphatic rings. The quantitative estimate of drug-likeness (QED) is 0.746. The van der Waals surface area contributed by atoms with Gasteiger partial charge in [0.2, 0.25) is 0 Å². The van der Waals surface area contributed by atoms with Crippen LogP contribution in [0.5, 0.6) is 0 Å². The molecule has 0 aliphatic carbocycles. The summed E-state index contributed by atoms with van der Waals surface area (Å²) in [4.78, 5) is 28.2. The van der Waals surface area contributed by atoms with Crippen molar-refractivity contribution < 1.29 is 9.59 Å². The minimum atomic E-state index is -0.646. The van der Waals surface area contributed by atoms with Crippen LogP contribution in [0.25, 0.3) is 0 Å². The van der Waals surface area contributed by atoms with Crippen molar-refractivity contribution in [3.05, 3.63) is 24.3 Å². The summed E-state index contributed by atoms with van der Waals surface area (Å²) < 4.78 is 0. The van der Waals surface area contributed by atoms with Crippen molar-refractivity contribution >= 4 is 23.2 Å². The highest BCUT2D eigenvalue weighted by Crippen LogP contribution is 2.18. The Balaban J connectivity index is 2.63. The topological polar surface area (TPSA) is 64.7 Å². The summed E-state index contributed by atoms with van der Waals surface area (Å²) in [7, 11) is 5.90. The summed E-state index contributed by atoms with van der Waals surface area (Å²) in [5.74, 6) is -0.881. The molecule has 6 nitrogen and oxygen atoms in total. The average molecular weight is 334 g/mol. The molecule has 0 saturated heterocycles. The smallest absolute Gasteiger partial charge is 0.313 e. The number of nitrogens with zero attached hydrogens (tertiary/aromatic N) is 2. The van der Waals surface area contributed by atoms with Crippen molar-refractivity contribution in [2.45, 2.75) is 26.8 Å². The summed E-state index contributed by atoms with van der Waals surface area (Å²) in [6.45, 7) is 7.53. The van der Waals surface area contributed by atoms with Gasteiger partial charge >= 0.3 is 11.8 Å². The third kappa shape index (κ3) is 5.85. The lowest BCUT2D eigenvalue weighted by atomic mass is 10.0. The highest BCUT2D eigenvalue weighted by atomic mass is 16.2. The number of amides is 2. The van der Waals surface area contributed by atoms with Gasteiger partial charge in [0.1, 0.15) is 0 Å². The second kappa shape index (κ2) is 9.27. The zero-order valence-electron chi connectivity index (χ0n) is 15.6. The van der Waals surface area contributed by atoms with Gasteiger partial charge in [0, 0.05) is 37.6 Å². The Bertz CT molecular complexity index is 550. The van der Waals surface area contributed by atoms with Gasteiger partial charge in [-0.05, 0) is 45.1 Å². The van der Waals surface area contributed by atoms with E-state index in [9.17, 15) is 9.59 Å². The van der Waals surface area contributed by atoms with E-state index in [-0.39, 0.29) is 6.04 Å². The maximum Gasteiger partial charge on any atom is 0.313 e. The fourth-order valence-corrected chi connectivity index (χ4v) is 2.48. The van der Waals surface area contributed by atoms with Crippen molar-refractivity contribution in [3.8, 4) is 0 Å². The fraction of sp³-hybridized carbons (Fsp3) is 0.556. The van der Waals surface area contributed by atoms with Crippen molar-refractivity contribution in [2.75, 3.05) is 44.4 Å². The first-order valence-corrected chi connectivity index (χ1v) is 8.33. The lowest BCUT2D eigenvalue weighted by Crippen LogP contribution is -2.46. The number of nitrogens with one attached hydrogen (secondary N) is 2. The van der Waals surface area contributed by atoms with Gasteiger partial charge in [-0.3, -0.25) is 9.59 Å². The monoisotopic (exact) mass is 334 g/mol. The number of hydrogen-bond donors (Lipinski definition) is 2. The largest absolute Gasteiger partial charge is 0.375 e. The summed E-state index contributed by atoms with van der Waals surface area (Å²) in [5, 5.41) is 5.36. The molecular formula is C18H30N4O2. The van der Waals surface area contributed by atoms with E-state index in [0.717, 1.165) is 12.2 Å². The molecule has 0 saturated carbocycles.